The molecule has 3 nitrogen and oxygen atoms in total. The van der Waals surface area contributed by atoms with E-state index in [2.05, 4.69) is 38.2 Å². The van der Waals surface area contributed by atoms with Crippen LogP contribution in [0.15, 0.2) is 24.3 Å². The highest BCUT2D eigenvalue weighted by molar-refractivity contribution is 5.85. The molecular weight excluding hydrogens is 236 g/mol. The number of carbonyl (C=O) groups excluding carboxylic acids is 1. The van der Waals surface area contributed by atoms with E-state index in [1.165, 1.54) is 5.56 Å². The maximum Gasteiger partial charge on any atom is 0.242 e. The molecule has 0 fully saturated rings. The maximum atomic E-state index is 11.8. The van der Waals surface area contributed by atoms with Gasteiger partial charge in [0.2, 0.25) is 5.91 Å². The van der Waals surface area contributed by atoms with E-state index >= 15 is 0 Å². The van der Waals surface area contributed by atoms with Crippen LogP contribution in [-0.2, 0) is 16.8 Å². The van der Waals surface area contributed by atoms with Gasteiger partial charge in [-0.3, -0.25) is 10.1 Å². The number of benzene rings is 1. The average Bonchev–Trinajstić information content (AvgIpc) is 2.39. The fraction of sp³-hybridized carbons (Fsp3) is 0.562. The third kappa shape index (κ3) is 3.80. The Morgan fingerprint density at radius 3 is 2.32 bits per heavy atom. The van der Waals surface area contributed by atoms with Gasteiger partial charge in [-0.15, -0.1) is 0 Å². The van der Waals surface area contributed by atoms with Crippen molar-refractivity contribution < 1.29 is 4.79 Å². The van der Waals surface area contributed by atoms with Crippen molar-refractivity contribution in [1.29, 1.82) is 0 Å². The molecule has 0 aliphatic rings. The highest BCUT2D eigenvalue weighted by atomic mass is 16.1. The number of aryl methyl sites for hydroxylation is 1. The Hall–Kier alpha value is -1.35. The van der Waals surface area contributed by atoms with Crippen molar-refractivity contribution >= 4 is 5.91 Å². The van der Waals surface area contributed by atoms with Crippen LogP contribution in [0, 0.1) is 0 Å². The summed E-state index contributed by atoms with van der Waals surface area (Å²) in [5.74, 6) is -0.337. The average molecular weight is 262 g/mol. The van der Waals surface area contributed by atoms with Gasteiger partial charge >= 0.3 is 0 Å². The second-order valence-electron chi connectivity index (χ2n) is 5.39. The first-order chi connectivity index (χ1) is 8.93. The second kappa shape index (κ2) is 6.71. The highest BCUT2D eigenvalue weighted by Gasteiger charge is 2.33. The molecule has 3 heteroatoms. The van der Waals surface area contributed by atoms with E-state index in [1.807, 2.05) is 19.1 Å². The Morgan fingerprint density at radius 1 is 1.32 bits per heavy atom. The summed E-state index contributed by atoms with van der Waals surface area (Å²) in [6.07, 6.45) is 3.14. The number of nitrogens with one attached hydrogen (secondary N) is 1. The summed E-state index contributed by atoms with van der Waals surface area (Å²) >= 11 is 0. The molecule has 106 valence electrons. The van der Waals surface area contributed by atoms with E-state index in [9.17, 15) is 4.79 Å². The van der Waals surface area contributed by atoms with Gasteiger partial charge in [-0.1, -0.05) is 44.5 Å². The number of hydrogen-bond donors (Lipinski definition) is 2. The lowest BCUT2D eigenvalue weighted by Gasteiger charge is -2.31. The summed E-state index contributed by atoms with van der Waals surface area (Å²) in [6.45, 7) is 8.16. The zero-order valence-corrected chi connectivity index (χ0v) is 12.5. The fourth-order valence-electron chi connectivity index (χ4n) is 2.19. The number of hydrogen-bond acceptors (Lipinski definition) is 2. The van der Waals surface area contributed by atoms with Crippen LogP contribution in [0.3, 0.4) is 0 Å². The van der Waals surface area contributed by atoms with Crippen molar-refractivity contribution in [2.75, 3.05) is 0 Å². The molecule has 0 aliphatic carbocycles. The molecule has 0 bridgehead atoms. The zero-order chi connectivity index (χ0) is 14.5. The first kappa shape index (κ1) is 15.7. The molecule has 2 atom stereocenters. The summed E-state index contributed by atoms with van der Waals surface area (Å²) in [6, 6.07) is 8.42. The lowest BCUT2D eigenvalue weighted by molar-refractivity contribution is -0.124. The minimum Gasteiger partial charge on any atom is -0.368 e. The lowest BCUT2D eigenvalue weighted by atomic mass is 9.89. The normalized spacial score (nSPS) is 15.8. The van der Waals surface area contributed by atoms with Crippen LogP contribution >= 0.6 is 0 Å². The predicted molar refractivity (Wildman–Crippen MR) is 79.9 cm³/mol. The number of amides is 1. The summed E-state index contributed by atoms with van der Waals surface area (Å²) in [5.41, 5.74) is 7.02. The van der Waals surface area contributed by atoms with Crippen molar-refractivity contribution in [2.24, 2.45) is 5.73 Å². The quantitative estimate of drug-likeness (QED) is 0.794. The Bertz CT molecular complexity index is 413. The Morgan fingerprint density at radius 2 is 1.89 bits per heavy atom. The molecule has 3 N–H and O–H groups in total. The molecule has 1 amide bonds. The van der Waals surface area contributed by atoms with Crippen LogP contribution in [0.25, 0.3) is 0 Å². The number of rotatable bonds is 7. The minimum atomic E-state index is -0.805. The van der Waals surface area contributed by atoms with Gasteiger partial charge in [0.05, 0.1) is 0 Å². The van der Waals surface area contributed by atoms with E-state index < -0.39 is 5.54 Å². The first-order valence-corrected chi connectivity index (χ1v) is 7.11. The van der Waals surface area contributed by atoms with Crippen LogP contribution in [0.4, 0.5) is 0 Å². The third-order valence-corrected chi connectivity index (χ3v) is 3.71. The third-order valence-electron chi connectivity index (χ3n) is 3.71. The molecule has 0 aliphatic heterocycles. The Kier molecular flexibility index (Phi) is 5.55. The van der Waals surface area contributed by atoms with Crippen molar-refractivity contribution in [3.8, 4) is 0 Å². The summed E-state index contributed by atoms with van der Waals surface area (Å²) in [5, 5.41) is 3.34. The van der Waals surface area contributed by atoms with Gasteiger partial charge in [-0.05, 0) is 37.8 Å². The number of carbonyl (C=O) groups is 1. The standard InChI is InChI=1S/C16H26N2O/c1-5-7-13-8-10-14(11-9-13)16(4,15(17)19)18-12(3)6-2/h8-12,18H,5-7H2,1-4H3,(H2,17,19). The maximum absolute atomic E-state index is 11.8. The van der Waals surface area contributed by atoms with Gasteiger partial charge in [0.1, 0.15) is 5.54 Å². The van der Waals surface area contributed by atoms with Crippen LogP contribution < -0.4 is 11.1 Å². The van der Waals surface area contributed by atoms with Crippen molar-refractivity contribution in [1.82, 2.24) is 5.32 Å². The highest BCUT2D eigenvalue weighted by Crippen LogP contribution is 2.22. The van der Waals surface area contributed by atoms with Gasteiger partial charge in [0, 0.05) is 6.04 Å². The smallest absolute Gasteiger partial charge is 0.242 e. The topological polar surface area (TPSA) is 55.1 Å². The summed E-state index contributed by atoms with van der Waals surface area (Å²) in [4.78, 5) is 11.8. The van der Waals surface area contributed by atoms with Gasteiger partial charge in [-0.2, -0.15) is 0 Å². The molecule has 2 unspecified atom stereocenters. The first-order valence-electron chi connectivity index (χ1n) is 7.11. The van der Waals surface area contributed by atoms with Crippen LogP contribution in [0.2, 0.25) is 0 Å². The molecule has 0 radical (unpaired) electrons. The predicted octanol–water partition coefficient (Wildman–Crippen LogP) is 2.73. The second-order valence-corrected chi connectivity index (χ2v) is 5.39. The van der Waals surface area contributed by atoms with Gasteiger partial charge in [-0.25, -0.2) is 0 Å². The lowest BCUT2D eigenvalue weighted by Crippen LogP contribution is -2.53. The summed E-state index contributed by atoms with van der Waals surface area (Å²) < 4.78 is 0. The SMILES string of the molecule is CCCc1ccc(C(C)(NC(C)CC)C(N)=O)cc1. The van der Waals surface area contributed by atoms with E-state index in [0.29, 0.717) is 0 Å². The molecule has 19 heavy (non-hydrogen) atoms. The van der Waals surface area contributed by atoms with Crippen LogP contribution in [0.5, 0.6) is 0 Å². The monoisotopic (exact) mass is 262 g/mol. The largest absolute Gasteiger partial charge is 0.368 e. The Balaban J connectivity index is 3.01. The molecule has 0 saturated heterocycles. The van der Waals surface area contributed by atoms with Crippen molar-refractivity contribution in [3.05, 3.63) is 35.4 Å². The van der Waals surface area contributed by atoms with Crippen LogP contribution in [-0.4, -0.2) is 11.9 Å². The Labute approximate surface area is 116 Å². The summed E-state index contributed by atoms with van der Waals surface area (Å²) in [7, 11) is 0. The molecule has 0 heterocycles. The molecule has 0 aromatic heterocycles. The van der Waals surface area contributed by atoms with E-state index in [0.717, 1.165) is 24.8 Å². The fourth-order valence-corrected chi connectivity index (χ4v) is 2.19. The molecule has 1 rings (SSSR count). The molecule has 0 saturated carbocycles. The zero-order valence-electron chi connectivity index (χ0n) is 12.5. The van der Waals surface area contributed by atoms with E-state index in [1.54, 1.807) is 0 Å². The van der Waals surface area contributed by atoms with E-state index in [-0.39, 0.29) is 11.9 Å². The molecule has 1 aromatic carbocycles. The van der Waals surface area contributed by atoms with Crippen molar-refractivity contribution in [3.63, 3.8) is 0 Å². The number of primary amides is 1. The number of nitrogens with two attached hydrogens (primary N) is 1. The molecule has 1 aromatic rings. The van der Waals surface area contributed by atoms with Crippen molar-refractivity contribution in [2.45, 2.75) is 58.5 Å². The van der Waals surface area contributed by atoms with Gasteiger partial charge in [0.25, 0.3) is 0 Å². The minimum absolute atomic E-state index is 0.243. The van der Waals surface area contributed by atoms with Crippen LogP contribution in [0.1, 0.15) is 51.7 Å². The molecule has 0 spiro atoms. The van der Waals surface area contributed by atoms with E-state index in [4.69, 9.17) is 5.73 Å². The van der Waals surface area contributed by atoms with Gasteiger partial charge in [0.15, 0.2) is 0 Å². The molecular formula is C16H26N2O. The van der Waals surface area contributed by atoms with Gasteiger partial charge < -0.3 is 5.73 Å².